The zero-order valence-corrected chi connectivity index (χ0v) is 36.1. The minimum Gasteiger partial charge on any atom is -0.466 e. The van der Waals surface area contributed by atoms with Crippen molar-refractivity contribution >= 4 is 46.2 Å². The number of carbonyl (C=O) groups excluding carboxylic acids is 3. The molecule has 2 amide bonds. The number of thioether (sulfide) groups is 1. The van der Waals surface area contributed by atoms with Gasteiger partial charge in [0.1, 0.15) is 5.60 Å². The van der Waals surface area contributed by atoms with Crippen LogP contribution in [0.2, 0.25) is 0 Å². The van der Waals surface area contributed by atoms with Gasteiger partial charge >= 0.3 is 12.1 Å². The van der Waals surface area contributed by atoms with Gasteiger partial charge in [-0.2, -0.15) is 0 Å². The Kier molecular flexibility index (Phi) is 13.5. The number of nitrogens with one attached hydrogen (secondary N) is 1. The van der Waals surface area contributed by atoms with Gasteiger partial charge in [-0.05, 0) is 84.3 Å². The second kappa shape index (κ2) is 18.6. The fourth-order valence-electron chi connectivity index (χ4n) is 8.06. The number of carbonyl (C=O) groups is 3. The molecule has 0 spiro atoms. The smallest absolute Gasteiger partial charge is 0.407 e. The Hall–Kier alpha value is -5.90. The van der Waals surface area contributed by atoms with Crippen molar-refractivity contribution in [1.82, 2.24) is 5.32 Å². The molecule has 310 valence electrons. The summed E-state index contributed by atoms with van der Waals surface area (Å²) in [4.78, 5) is 44.0. The molecule has 6 rings (SSSR count). The van der Waals surface area contributed by atoms with Gasteiger partial charge in [-0.1, -0.05) is 153 Å². The maximum absolute atomic E-state index is 14.7. The first-order valence-corrected chi connectivity index (χ1v) is 21.2. The molecule has 8 nitrogen and oxygen atoms in total. The molecule has 0 heterocycles. The first kappa shape index (κ1) is 43.7. The number of esters is 1. The second-order valence-electron chi connectivity index (χ2n) is 16.9. The Morgan fingerprint density at radius 2 is 1.15 bits per heavy atom. The molecule has 9 heteroatoms. The van der Waals surface area contributed by atoms with Crippen LogP contribution in [-0.2, 0) is 19.0 Å². The van der Waals surface area contributed by atoms with Crippen molar-refractivity contribution in [2.24, 2.45) is 11.1 Å². The Balaban J connectivity index is 1.42. The summed E-state index contributed by atoms with van der Waals surface area (Å²) in [7, 11) is 1.28. The Morgan fingerprint density at radius 3 is 1.65 bits per heavy atom. The maximum atomic E-state index is 14.7. The summed E-state index contributed by atoms with van der Waals surface area (Å²) in [6.45, 7) is 9.48. The van der Waals surface area contributed by atoms with E-state index in [9.17, 15) is 14.4 Å². The van der Waals surface area contributed by atoms with E-state index in [1.54, 1.807) is 42.1 Å². The molecule has 6 aromatic rings. The van der Waals surface area contributed by atoms with Gasteiger partial charge in [-0.25, -0.2) is 9.59 Å². The third kappa shape index (κ3) is 10.1. The molecule has 0 saturated heterocycles. The summed E-state index contributed by atoms with van der Waals surface area (Å²) < 4.78 is 10.6. The topological polar surface area (TPSA) is 111 Å². The van der Waals surface area contributed by atoms with Gasteiger partial charge in [0.15, 0.2) is 5.66 Å². The van der Waals surface area contributed by atoms with Gasteiger partial charge in [0.2, 0.25) is 0 Å². The molecule has 60 heavy (non-hydrogen) atoms. The van der Waals surface area contributed by atoms with E-state index in [1.807, 2.05) is 132 Å². The quantitative estimate of drug-likeness (QED) is 0.0603. The number of ether oxygens (including phenoxy) is 2. The van der Waals surface area contributed by atoms with Crippen LogP contribution in [0.4, 0.5) is 10.5 Å². The first-order valence-electron chi connectivity index (χ1n) is 20.2. The van der Waals surface area contributed by atoms with Crippen LogP contribution in [0.15, 0.2) is 164 Å². The fourth-order valence-corrected chi connectivity index (χ4v) is 9.62. The Labute approximate surface area is 358 Å². The van der Waals surface area contributed by atoms with Crippen molar-refractivity contribution in [1.29, 1.82) is 0 Å². The SMILES string of the molecule is COC(=O)[C@](N)(CC(C)(C)C[C@H](CSC(c1ccccc1)(c1ccccc1)c1ccccc1)NC(=O)OC(C)(C)C)N(C(=O)c1ccccc1)c1ccc2ccccc2c1. The van der Waals surface area contributed by atoms with Gasteiger partial charge in [0.25, 0.3) is 5.91 Å². The van der Waals surface area contributed by atoms with E-state index in [0.717, 1.165) is 27.5 Å². The van der Waals surface area contributed by atoms with E-state index >= 15 is 0 Å². The van der Waals surface area contributed by atoms with Crippen molar-refractivity contribution < 1.29 is 23.9 Å². The Bertz CT molecular complexity index is 2270. The van der Waals surface area contributed by atoms with Gasteiger partial charge < -0.3 is 14.8 Å². The molecule has 0 saturated carbocycles. The Morgan fingerprint density at radius 1 is 0.667 bits per heavy atom. The highest BCUT2D eigenvalue weighted by molar-refractivity contribution is 8.00. The molecule has 0 aliphatic rings. The normalized spacial score (nSPS) is 13.4. The second-order valence-corrected chi connectivity index (χ2v) is 18.2. The van der Waals surface area contributed by atoms with Crippen molar-refractivity contribution in [3.8, 4) is 0 Å². The lowest BCUT2D eigenvalue weighted by atomic mass is 9.77. The number of alkyl carbamates (subject to hydrolysis) is 1. The molecular weight excluding hydrogens is 767 g/mol. The van der Waals surface area contributed by atoms with Crippen LogP contribution in [0.1, 0.15) is 74.5 Å². The highest BCUT2D eigenvalue weighted by atomic mass is 32.2. The van der Waals surface area contributed by atoms with E-state index < -0.39 is 45.4 Å². The maximum Gasteiger partial charge on any atom is 0.407 e. The highest BCUT2D eigenvalue weighted by Crippen LogP contribution is 2.49. The van der Waals surface area contributed by atoms with E-state index in [-0.39, 0.29) is 6.42 Å². The number of amides is 2. The zero-order valence-electron chi connectivity index (χ0n) is 35.3. The molecule has 0 aliphatic carbocycles. The molecule has 0 aromatic heterocycles. The number of hydrogen-bond acceptors (Lipinski definition) is 7. The van der Waals surface area contributed by atoms with Gasteiger partial charge in [-0.3, -0.25) is 15.4 Å². The third-order valence-corrected chi connectivity index (χ3v) is 12.2. The molecule has 0 bridgehead atoms. The average Bonchev–Trinajstić information content (AvgIpc) is 3.24. The molecule has 0 radical (unpaired) electrons. The summed E-state index contributed by atoms with van der Waals surface area (Å²) in [6, 6.07) is 52.8. The lowest BCUT2D eigenvalue weighted by Crippen LogP contribution is -2.66. The minimum absolute atomic E-state index is 0.0174. The minimum atomic E-state index is -1.97. The number of benzene rings is 6. The lowest BCUT2D eigenvalue weighted by molar-refractivity contribution is -0.148. The van der Waals surface area contributed by atoms with E-state index in [4.69, 9.17) is 15.2 Å². The fraction of sp³-hybridized carbons (Fsp3) is 0.275. The molecule has 0 unspecified atom stereocenters. The number of hydrogen-bond donors (Lipinski definition) is 2. The van der Waals surface area contributed by atoms with Crippen LogP contribution >= 0.6 is 11.8 Å². The van der Waals surface area contributed by atoms with Crippen LogP contribution < -0.4 is 16.0 Å². The summed E-state index contributed by atoms with van der Waals surface area (Å²) in [5, 5.41) is 5.05. The van der Waals surface area contributed by atoms with Crippen molar-refractivity contribution in [3.05, 3.63) is 186 Å². The summed E-state index contributed by atoms with van der Waals surface area (Å²) in [6.07, 6.45) is -0.219. The standard InChI is InChI=1S/C51H55N3O5S/c1-48(2,3)59-47(57)53-43(35-60-51(40-25-13-8-14-26-40,41-27-15-9-16-28-41)42-29-17-10-18-30-42)34-49(4,5)36-50(52,46(56)58-6)54(45(55)38-22-11-7-12-23-38)44-32-31-37-21-19-20-24-39(37)33-44/h7-33,43H,34-36,52H2,1-6H3,(H,53,57)/t43-,50+/m1/s1. The molecular formula is C51H55N3O5S. The lowest BCUT2D eigenvalue weighted by Gasteiger charge is -2.44. The van der Waals surface area contributed by atoms with Crippen molar-refractivity contribution in [2.45, 2.75) is 69.5 Å². The number of fused-ring (bicyclic) bond motifs is 1. The van der Waals surface area contributed by atoms with Gasteiger partial charge in [0.05, 0.1) is 11.9 Å². The molecule has 0 aliphatic heterocycles. The zero-order chi connectivity index (χ0) is 43.0. The molecule has 3 N–H and O–H groups in total. The highest BCUT2D eigenvalue weighted by Gasteiger charge is 2.50. The van der Waals surface area contributed by atoms with Crippen LogP contribution in [-0.4, -0.2) is 48.1 Å². The average molecular weight is 822 g/mol. The predicted octanol–water partition coefficient (Wildman–Crippen LogP) is 10.7. The predicted molar refractivity (Wildman–Crippen MR) is 244 cm³/mol. The summed E-state index contributed by atoms with van der Waals surface area (Å²) in [5.41, 5.74) is 7.90. The first-order chi connectivity index (χ1) is 28.6. The molecule has 0 fully saturated rings. The van der Waals surface area contributed by atoms with Crippen LogP contribution in [0.25, 0.3) is 10.8 Å². The van der Waals surface area contributed by atoms with E-state index in [2.05, 4.69) is 41.7 Å². The van der Waals surface area contributed by atoms with Crippen molar-refractivity contribution in [3.63, 3.8) is 0 Å². The van der Waals surface area contributed by atoms with Gasteiger partial charge in [0, 0.05) is 29.5 Å². The summed E-state index contributed by atoms with van der Waals surface area (Å²) >= 11 is 1.71. The number of methoxy groups -OCH3 is 1. The summed E-state index contributed by atoms with van der Waals surface area (Å²) in [5.74, 6) is -0.781. The van der Waals surface area contributed by atoms with Gasteiger partial charge in [-0.15, -0.1) is 11.8 Å². The van der Waals surface area contributed by atoms with E-state index in [1.165, 1.54) is 12.0 Å². The van der Waals surface area contributed by atoms with Crippen LogP contribution in [0.3, 0.4) is 0 Å². The number of rotatable bonds is 15. The number of nitrogens with zero attached hydrogens (tertiary/aromatic N) is 1. The van der Waals surface area contributed by atoms with Crippen LogP contribution in [0.5, 0.6) is 0 Å². The third-order valence-electron chi connectivity index (χ3n) is 10.5. The number of nitrogens with two attached hydrogens (primary N) is 1. The van der Waals surface area contributed by atoms with Crippen LogP contribution in [0, 0.1) is 5.41 Å². The molecule has 6 aromatic carbocycles. The largest absolute Gasteiger partial charge is 0.466 e. The molecule has 2 atom stereocenters. The van der Waals surface area contributed by atoms with Crippen molar-refractivity contribution in [2.75, 3.05) is 17.8 Å². The van der Waals surface area contributed by atoms with E-state index in [0.29, 0.717) is 23.4 Å². The number of anilines is 1. The monoisotopic (exact) mass is 821 g/mol.